The van der Waals surface area contributed by atoms with Gasteiger partial charge in [0.2, 0.25) is 11.8 Å². The van der Waals surface area contributed by atoms with Crippen LogP contribution in [0, 0.1) is 11.8 Å². The molecule has 2 fully saturated rings. The number of nitrogens with one attached hydrogen (secondary N) is 2. The summed E-state index contributed by atoms with van der Waals surface area (Å²) in [6.07, 6.45) is 3.28. The van der Waals surface area contributed by atoms with Gasteiger partial charge in [-0.25, -0.2) is 0 Å². The molecule has 0 bridgehead atoms. The topological polar surface area (TPSA) is 84.2 Å². The standard InChI is InChI=1S/C12H21N3O2/c1-7-2-3-10(13)9(4-7)12(17)15-8-5-11(16)14-6-8/h7-10H,2-6,13H2,1H3,(H,14,16)(H,15,17). The van der Waals surface area contributed by atoms with Crippen LogP contribution in [-0.2, 0) is 9.59 Å². The van der Waals surface area contributed by atoms with E-state index in [1.165, 1.54) is 0 Å². The molecule has 2 aliphatic rings. The van der Waals surface area contributed by atoms with Crippen molar-refractivity contribution in [1.29, 1.82) is 0 Å². The third-order valence-electron chi connectivity index (χ3n) is 3.83. The molecule has 4 unspecified atom stereocenters. The highest BCUT2D eigenvalue weighted by atomic mass is 16.2. The zero-order valence-corrected chi connectivity index (χ0v) is 10.2. The maximum Gasteiger partial charge on any atom is 0.224 e. The van der Waals surface area contributed by atoms with E-state index in [0.717, 1.165) is 19.3 Å². The number of carbonyl (C=O) groups is 2. The number of hydrogen-bond acceptors (Lipinski definition) is 3. The van der Waals surface area contributed by atoms with E-state index in [1.807, 2.05) is 0 Å². The first-order chi connectivity index (χ1) is 8.06. The third kappa shape index (κ3) is 2.97. The lowest BCUT2D eigenvalue weighted by Crippen LogP contribution is -2.48. The van der Waals surface area contributed by atoms with E-state index < -0.39 is 0 Å². The van der Waals surface area contributed by atoms with Gasteiger partial charge in [0.25, 0.3) is 0 Å². The van der Waals surface area contributed by atoms with Gasteiger partial charge in [-0.3, -0.25) is 9.59 Å². The maximum absolute atomic E-state index is 12.1. The zero-order valence-electron chi connectivity index (χ0n) is 10.2. The lowest BCUT2D eigenvalue weighted by molar-refractivity contribution is -0.127. The fourth-order valence-corrected chi connectivity index (χ4v) is 2.72. The molecule has 1 heterocycles. The van der Waals surface area contributed by atoms with Crippen molar-refractivity contribution in [3.63, 3.8) is 0 Å². The third-order valence-corrected chi connectivity index (χ3v) is 3.83. The van der Waals surface area contributed by atoms with Crippen LogP contribution in [0.4, 0.5) is 0 Å². The molecule has 0 aromatic heterocycles. The Morgan fingerprint density at radius 2 is 2.24 bits per heavy atom. The van der Waals surface area contributed by atoms with Gasteiger partial charge in [-0.15, -0.1) is 0 Å². The normalized spacial score (nSPS) is 37.6. The molecule has 0 radical (unpaired) electrons. The van der Waals surface area contributed by atoms with E-state index in [2.05, 4.69) is 17.6 Å². The minimum atomic E-state index is -0.0885. The largest absolute Gasteiger partial charge is 0.354 e. The zero-order chi connectivity index (χ0) is 12.4. The van der Waals surface area contributed by atoms with E-state index in [9.17, 15) is 9.59 Å². The molecular formula is C12H21N3O2. The molecule has 0 spiro atoms. The van der Waals surface area contributed by atoms with Gasteiger partial charge in [-0.1, -0.05) is 6.92 Å². The number of rotatable bonds is 2. The highest BCUT2D eigenvalue weighted by Gasteiger charge is 2.33. The molecule has 2 rings (SSSR count). The summed E-state index contributed by atoms with van der Waals surface area (Å²) in [5, 5.41) is 5.64. The quantitative estimate of drug-likeness (QED) is 0.621. The Balaban J connectivity index is 1.88. The Morgan fingerprint density at radius 3 is 2.88 bits per heavy atom. The summed E-state index contributed by atoms with van der Waals surface area (Å²) in [5.41, 5.74) is 6.00. The van der Waals surface area contributed by atoms with Crippen LogP contribution >= 0.6 is 0 Å². The lowest BCUT2D eigenvalue weighted by Gasteiger charge is -2.32. The monoisotopic (exact) mass is 239 g/mol. The van der Waals surface area contributed by atoms with E-state index in [-0.39, 0.29) is 29.8 Å². The molecule has 4 N–H and O–H groups in total. The fourth-order valence-electron chi connectivity index (χ4n) is 2.72. The Hall–Kier alpha value is -1.10. The molecule has 1 aliphatic carbocycles. The van der Waals surface area contributed by atoms with Crippen LogP contribution < -0.4 is 16.4 Å². The van der Waals surface area contributed by atoms with E-state index in [1.54, 1.807) is 0 Å². The van der Waals surface area contributed by atoms with Crippen molar-refractivity contribution < 1.29 is 9.59 Å². The molecule has 1 aliphatic heterocycles. The van der Waals surface area contributed by atoms with E-state index in [4.69, 9.17) is 5.73 Å². The molecule has 1 saturated carbocycles. The minimum absolute atomic E-state index is 0.0108. The molecule has 4 atom stereocenters. The predicted octanol–water partition coefficient (Wildman–Crippen LogP) is -0.245. The average molecular weight is 239 g/mol. The molecule has 0 aromatic rings. The van der Waals surface area contributed by atoms with Crippen molar-refractivity contribution >= 4 is 11.8 Å². The van der Waals surface area contributed by atoms with Crippen LogP contribution in [0.2, 0.25) is 0 Å². The van der Waals surface area contributed by atoms with Gasteiger partial charge in [0.15, 0.2) is 0 Å². The molecule has 0 aromatic carbocycles. The summed E-state index contributed by atoms with van der Waals surface area (Å²) in [6, 6.07) is -0.0873. The van der Waals surface area contributed by atoms with Crippen LogP contribution in [0.15, 0.2) is 0 Å². The fraction of sp³-hybridized carbons (Fsp3) is 0.833. The molecule has 96 valence electrons. The van der Waals surface area contributed by atoms with Crippen LogP contribution in [0.5, 0.6) is 0 Å². The van der Waals surface area contributed by atoms with Crippen LogP contribution in [-0.4, -0.2) is 30.4 Å². The van der Waals surface area contributed by atoms with Crippen molar-refractivity contribution in [3.8, 4) is 0 Å². The van der Waals surface area contributed by atoms with Gasteiger partial charge >= 0.3 is 0 Å². The number of nitrogens with two attached hydrogens (primary N) is 1. The SMILES string of the molecule is CC1CCC(N)C(C(=O)NC2CNC(=O)C2)C1. The van der Waals surface area contributed by atoms with Crippen molar-refractivity contribution in [2.24, 2.45) is 17.6 Å². The van der Waals surface area contributed by atoms with Gasteiger partial charge in [-0.05, 0) is 25.2 Å². The summed E-state index contributed by atoms with van der Waals surface area (Å²) >= 11 is 0. The van der Waals surface area contributed by atoms with Crippen LogP contribution in [0.3, 0.4) is 0 Å². The second kappa shape index (κ2) is 5.04. The van der Waals surface area contributed by atoms with Crippen LogP contribution in [0.1, 0.15) is 32.6 Å². The summed E-state index contributed by atoms with van der Waals surface area (Å²) in [7, 11) is 0. The van der Waals surface area contributed by atoms with Gasteiger partial charge in [0.05, 0.1) is 12.0 Å². The molecule has 5 nitrogen and oxygen atoms in total. The summed E-state index contributed by atoms with van der Waals surface area (Å²) < 4.78 is 0. The molecular weight excluding hydrogens is 218 g/mol. The summed E-state index contributed by atoms with van der Waals surface area (Å²) in [6.45, 7) is 2.70. The highest BCUT2D eigenvalue weighted by molar-refractivity contribution is 5.83. The molecule has 2 amide bonds. The van der Waals surface area contributed by atoms with E-state index in [0.29, 0.717) is 18.9 Å². The van der Waals surface area contributed by atoms with Gasteiger partial charge in [0.1, 0.15) is 0 Å². The van der Waals surface area contributed by atoms with Crippen molar-refractivity contribution in [3.05, 3.63) is 0 Å². The first-order valence-corrected chi connectivity index (χ1v) is 6.39. The van der Waals surface area contributed by atoms with Gasteiger partial charge < -0.3 is 16.4 Å². The Bertz CT molecular complexity index is 319. The second-order valence-corrected chi connectivity index (χ2v) is 5.40. The first kappa shape index (κ1) is 12.4. The smallest absolute Gasteiger partial charge is 0.224 e. The number of hydrogen-bond donors (Lipinski definition) is 3. The minimum Gasteiger partial charge on any atom is -0.354 e. The summed E-state index contributed by atoms with van der Waals surface area (Å²) in [5.74, 6) is 0.505. The van der Waals surface area contributed by atoms with Crippen molar-refractivity contribution in [1.82, 2.24) is 10.6 Å². The highest BCUT2D eigenvalue weighted by Crippen LogP contribution is 2.28. The Morgan fingerprint density at radius 1 is 1.47 bits per heavy atom. The molecule has 1 saturated heterocycles. The molecule has 5 heteroatoms. The Kier molecular flexibility index (Phi) is 3.66. The van der Waals surface area contributed by atoms with Gasteiger partial charge in [-0.2, -0.15) is 0 Å². The van der Waals surface area contributed by atoms with Crippen molar-refractivity contribution in [2.45, 2.75) is 44.7 Å². The maximum atomic E-state index is 12.1. The second-order valence-electron chi connectivity index (χ2n) is 5.40. The number of carbonyl (C=O) groups excluding carboxylic acids is 2. The summed E-state index contributed by atoms with van der Waals surface area (Å²) in [4.78, 5) is 23.1. The van der Waals surface area contributed by atoms with Crippen molar-refractivity contribution in [2.75, 3.05) is 6.54 Å². The van der Waals surface area contributed by atoms with E-state index >= 15 is 0 Å². The molecule has 17 heavy (non-hydrogen) atoms. The lowest BCUT2D eigenvalue weighted by atomic mass is 9.78. The predicted molar refractivity (Wildman–Crippen MR) is 64.0 cm³/mol. The average Bonchev–Trinajstić information content (AvgIpc) is 2.67. The van der Waals surface area contributed by atoms with Crippen LogP contribution in [0.25, 0.3) is 0 Å². The Labute approximate surface area is 102 Å². The first-order valence-electron chi connectivity index (χ1n) is 6.39. The number of amides is 2. The van der Waals surface area contributed by atoms with Gasteiger partial charge in [0, 0.05) is 19.0 Å².